The highest BCUT2D eigenvalue weighted by Gasteiger charge is 2.31. The monoisotopic (exact) mass is 442 g/mol. The maximum absolute atomic E-state index is 9.45. The molecule has 2 aromatic heterocycles. The second-order valence-electron chi connectivity index (χ2n) is 9.45. The summed E-state index contributed by atoms with van der Waals surface area (Å²) in [4.78, 5) is 4.30. The fraction of sp³-hybridized carbons (Fsp3) is 0.462. The first kappa shape index (κ1) is 21.6. The van der Waals surface area contributed by atoms with Gasteiger partial charge in [0.25, 0.3) is 0 Å². The van der Waals surface area contributed by atoms with E-state index in [9.17, 15) is 5.26 Å². The summed E-state index contributed by atoms with van der Waals surface area (Å²) >= 11 is 0. The first-order valence-corrected chi connectivity index (χ1v) is 11.9. The van der Waals surface area contributed by atoms with Crippen LogP contribution in [0.5, 0.6) is 5.88 Å². The van der Waals surface area contributed by atoms with Crippen LogP contribution >= 0.6 is 0 Å². The van der Waals surface area contributed by atoms with Crippen molar-refractivity contribution < 1.29 is 4.74 Å². The Bertz CT molecular complexity index is 1140. The van der Waals surface area contributed by atoms with Gasteiger partial charge in [0.15, 0.2) is 0 Å². The van der Waals surface area contributed by atoms with Gasteiger partial charge in [-0.3, -0.25) is 4.57 Å². The van der Waals surface area contributed by atoms with E-state index in [0.717, 1.165) is 55.9 Å². The molecule has 1 aliphatic carbocycles. The van der Waals surface area contributed by atoms with Crippen molar-refractivity contribution in [2.24, 2.45) is 0 Å². The van der Waals surface area contributed by atoms with Gasteiger partial charge >= 0.3 is 0 Å². The van der Waals surface area contributed by atoms with Crippen LogP contribution in [0.25, 0.3) is 5.69 Å². The molecule has 1 aliphatic heterocycles. The van der Waals surface area contributed by atoms with E-state index < -0.39 is 0 Å². The smallest absolute Gasteiger partial charge is 0.213 e. The number of nitrogens with zero attached hydrogens (tertiary/aromatic N) is 5. The third kappa shape index (κ3) is 4.62. The molecule has 1 aromatic carbocycles. The molecule has 7 nitrogen and oxygen atoms in total. The molecule has 7 heteroatoms. The van der Waals surface area contributed by atoms with Gasteiger partial charge < -0.3 is 10.1 Å². The summed E-state index contributed by atoms with van der Waals surface area (Å²) < 4.78 is 8.36. The highest BCUT2D eigenvalue weighted by Crippen LogP contribution is 2.36. The molecule has 1 fully saturated rings. The first-order chi connectivity index (χ1) is 16.1. The SMILES string of the molecule is CC(C)NC1Cc2cc(C#N)ccc2-n2c(nnc2C2CCC(Oc3ccccn3)CC2)C1. The largest absolute Gasteiger partial charge is 0.474 e. The molecule has 2 aliphatic rings. The van der Waals surface area contributed by atoms with E-state index in [1.54, 1.807) is 6.20 Å². The lowest BCUT2D eigenvalue weighted by molar-refractivity contribution is 0.139. The van der Waals surface area contributed by atoms with Crippen molar-refractivity contribution in [3.8, 4) is 17.6 Å². The Morgan fingerprint density at radius 3 is 2.67 bits per heavy atom. The lowest BCUT2D eigenvalue weighted by atomic mass is 9.86. The molecule has 0 amide bonds. The molecule has 33 heavy (non-hydrogen) atoms. The van der Waals surface area contributed by atoms with Crippen LogP contribution in [0.2, 0.25) is 0 Å². The zero-order valence-corrected chi connectivity index (χ0v) is 19.2. The van der Waals surface area contributed by atoms with Gasteiger partial charge in [-0.2, -0.15) is 5.26 Å². The van der Waals surface area contributed by atoms with Gasteiger partial charge in [-0.25, -0.2) is 4.98 Å². The lowest BCUT2D eigenvalue weighted by Crippen LogP contribution is -2.37. The number of rotatable bonds is 5. The normalized spacial score (nSPS) is 22.2. The zero-order valence-electron chi connectivity index (χ0n) is 19.2. The van der Waals surface area contributed by atoms with E-state index in [0.29, 0.717) is 23.4 Å². The van der Waals surface area contributed by atoms with Crippen molar-refractivity contribution in [1.29, 1.82) is 5.26 Å². The van der Waals surface area contributed by atoms with E-state index in [2.05, 4.69) is 45.9 Å². The molecule has 3 aromatic rings. The Morgan fingerprint density at radius 2 is 1.94 bits per heavy atom. The number of nitrogens with one attached hydrogen (secondary N) is 1. The summed E-state index contributed by atoms with van der Waals surface area (Å²) in [6.45, 7) is 4.33. The number of pyridine rings is 1. The Labute approximate surface area is 194 Å². The minimum absolute atomic E-state index is 0.188. The zero-order chi connectivity index (χ0) is 22.8. The molecule has 1 saturated carbocycles. The van der Waals surface area contributed by atoms with Crippen LogP contribution in [0.15, 0.2) is 42.6 Å². The summed E-state index contributed by atoms with van der Waals surface area (Å²) in [5, 5.41) is 22.5. The molecule has 170 valence electrons. The highest BCUT2D eigenvalue weighted by molar-refractivity contribution is 5.50. The minimum atomic E-state index is 0.188. The lowest BCUT2D eigenvalue weighted by Gasteiger charge is -2.28. The van der Waals surface area contributed by atoms with E-state index >= 15 is 0 Å². The molecule has 5 rings (SSSR count). The number of fused-ring (bicyclic) bond motifs is 3. The van der Waals surface area contributed by atoms with Crippen molar-refractivity contribution in [3.63, 3.8) is 0 Å². The van der Waals surface area contributed by atoms with E-state index in [-0.39, 0.29) is 12.1 Å². The predicted molar refractivity (Wildman–Crippen MR) is 125 cm³/mol. The van der Waals surface area contributed by atoms with Gasteiger partial charge in [-0.05, 0) is 61.9 Å². The fourth-order valence-electron chi connectivity index (χ4n) is 5.20. The maximum atomic E-state index is 9.45. The number of aromatic nitrogens is 4. The molecule has 1 unspecified atom stereocenters. The standard InChI is InChI=1S/C26H30N6O/c1-17(2)29-21-14-20-13-18(16-27)6-11-23(20)32-24(15-21)30-31-26(32)19-7-9-22(10-8-19)33-25-5-3-4-12-28-25/h3-6,11-13,17,19,21-22,29H,7-10,14-15H2,1-2H3. The number of hydrogen-bond donors (Lipinski definition) is 1. The third-order valence-electron chi connectivity index (χ3n) is 6.63. The van der Waals surface area contributed by atoms with Crippen LogP contribution in [0.4, 0.5) is 0 Å². The third-order valence-corrected chi connectivity index (χ3v) is 6.63. The van der Waals surface area contributed by atoms with Crippen LogP contribution < -0.4 is 10.1 Å². The summed E-state index contributed by atoms with van der Waals surface area (Å²) in [5.74, 6) is 3.08. The number of benzene rings is 1. The highest BCUT2D eigenvalue weighted by atomic mass is 16.5. The van der Waals surface area contributed by atoms with Crippen molar-refractivity contribution in [1.82, 2.24) is 25.1 Å². The first-order valence-electron chi connectivity index (χ1n) is 11.9. The van der Waals surface area contributed by atoms with Crippen molar-refractivity contribution in [3.05, 3.63) is 65.4 Å². The maximum Gasteiger partial charge on any atom is 0.213 e. The molecule has 0 radical (unpaired) electrons. The fourth-order valence-corrected chi connectivity index (χ4v) is 5.20. The Balaban J connectivity index is 1.40. The Morgan fingerprint density at radius 1 is 1.09 bits per heavy atom. The quantitative estimate of drug-likeness (QED) is 0.640. The summed E-state index contributed by atoms with van der Waals surface area (Å²) in [6, 6.07) is 14.7. The summed E-state index contributed by atoms with van der Waals surface area (Å²) in [7, 11) is 0. The molecule has 1 N–H and O–H groups in total. The van der Waals surface area contributed by atoms with Gasteiger partial charge in [0.2, 0.25) is 5.88 Å². The van der Waals surface area contributed by atoms with E-state index in [1.807, 2.05) is 30.3 Å². The van der Waals surface area contributed by atoms with Crippen molar-refractivity contribution in [2.45, 2.75) is 76.5 Å². The van der Waals surface area contributed by atoms with Gasteiger partial charge in [0.1, 0.15) is 17.8 Å². The molecule has 0 saturated heterocycles. The summed E-state index contributed by atoms with van der Waals surface area (Å²) in [6.07, 6.45) is 7.61. The molecule has 1 atom stereocenters. The minimum Gasteiger partial charge on any atom is -0.474 e. The molecular formula is C26H30N6O. The predicted octanol–water partition coefficient (Wildman–Crippen LogP) is 4.10. The van der Waals surface area contributed by atoms with E-state index in [4.69, 9.17) is 9.84 Å². The Kier molecular flexibility index (Phi) is 6.10. The molecular weight excluding hydrogens is 412 g/mol. The van der Waals surface area contributed by atoms with Crippen LogP contribution in [-0.4, -0.2) is 37.9 Å². The van der Waals surface area contributed by atoms with Gasteiger partial charge in [-0.1, -0.05) is 19.9 Å². The van der Waals surface area contributed by atoms with Crippen LogP contribution in [0.3, 0.4) is 0 Å². The second-order valence-corrected chi connectivity index (χ2v) is 9.45. The molecule has 0 spiro atoms. The number of nitriles is 1. The van der Waals surface area contributed by atoms with Gasteiger partial charge in [0, 0.05) is 36.7 Å². The molecule has 0 bridgehead atoms. The number of hydrogen-bond acceptors (Lipinski definition) is 6. The second kappa shape index (κ2) is 9.32. The van der Waals surface area contributed by atoms with Gasteiger partial charge in [0.05, 0.1) is 17.3 Å². The number of ether oxygens (including phenoxy) is 1. The van der Waals surface area contributed by atoms with Crippen LogP contribution in [-0.2, 0) is 12.8 Å². The summed E-state index contributed by atoms with van der Waals surface area (Å²) in [5.41, 5.74) is 2.99. The van der Waals surface area contributed by atoms with Crippen molar-refractivity contribution in [2.75, 3.05) is 0 Å². The average molecular weight is 443 g/mol. The average Bonchev–Trinajstić information content (AvgIpc) is 3.16. The van der Waals surface area contributed by atoms with E-state index in [1.165, 1.54) is 5.56 Å². The van der Waals surface area contributed by atoms with Gasteiger partial charge in [-0.15, -0.1) is 10.2 Å². The topological polar surface area (TPSA) is 88.7 Å². The van der Waals surface area contributed by atoms with Crippen LogP contribution in [0, 0.1) is 11.3 Å². The van der Waals surface area contributed by atoms with Crippen molar-refractivity contribution >= 4 is 0 Å². The van der Waals surface area contributed by atoms with Crippen LogP contribution in [0.1, 0.15) is 68.2 Å². The molecule has 3 heterocycles. The Hall–Kier alpha value is -3.24.